The van der Waals surface area contributed by atoms with E-state index in [9.17, 15) is 4.79 Å². The van der Waals surface area contributed by atoms with E-state index >= 15 is 0 Å². The minimum Gasteiger partial charge on any atom is -0.462 e. The summed E-state index contributed by atoms with van der Waals surface area (Å²) in [5.74, 6) is 6.36. The Morgan fingerprint density at radius 2 is 1.08 bits per heavy atom. The van der Waals surface area contributed by atoms with E-state index in [-0.39, 0.29) is 12.1 Å². The Morgan fingerprint density at radius 1 is 0.566 bits per heavy atom. The maximum atomic E-state index is 12.9. The summed E-state index contributed by atoms with van der Waals surface area (Å²) in [5.41, 5.74) is 1.06. The molecule has 4 rings (SSSR count). The van der Waals surface area contributed by atoms with Crippen molar-refractivity contribution in [3.63, 3.8) is 0 Å². The van der Waals surface area contributed by atoms with Gasteiger partial charge in [-0.3, -0.25) is 4.79 Å². The number of carbonyl (C=O) groups is 1. The molecule has 2 nitrogen and oxygen atoms in total. The lowest BCUT2D eigenvalue weighted by Gasteiger charge is -2.61. The summed E-state index contributed by atoms with van der Waals surface area (Å²) in [4.78, 5) is 12.9. The van der Waals surface area contributed by atoms with E-state index in [0.29, 0.717) is 17.3 Å². The van der Waals surface area contributed by atoms with Crippen molar-refractivity contribution in [3.8, 4) is 0 Å². The van der Waals surface area contributed by atoms with Crippen molar-refractivity contribution in [2.45, 2.75) is 266 Å². The fraction of sp³-hybridized carbons (Fsp3) is 0.980. The van der Waals surface area contributed by atoms with Gasteiger partial charge in [-0.15, -0.1) is 0 Å². The maximum absolute atomic E-state index is 12.9. The van der Waals surface area contributed by atoms with Crippen molar-refractivity contribution >= 4 is 5.97 Å². The number of unbranched alkanes of at least 4 members (excludes halogenated alkanes) is 20. The van der Waals surface area contributed by atoms with Crippen LogP contribution in [0.1, 0.15) is 260 Å². The van der Waals surface area contributed by atoms with Crippen molar-refractivity contribution in [1.29, 1.82) is 0 Å². The molecule has 0 amide bonds. The monoisotopic (exact) mass is 739 g/mol. The Hall–Kier alpha value is -0.530. The minimum absolute atomic E-state index is 0.0954. The molecule has 4 saturated carbocycles. The van der Waals surface area contributed by atoms with Crippen LogP contribution in [0.3, 0.4) is 0 Å². The predicted octanol–water partition coefficient (Wildman–Crippen LogP) is 16.6. The molecule has 0 heterocycles. The molecule has 310 valence electrons. The fourth-order valence-corrected chi connectivity index (χ4v) is 13.3. The molecule has 0 N–H and O–H groups in total. The average Bonchev–Trinajstić information content (AvgIpc) is 3.49. The molecule has 0 unspecified atom stereocenters. The van der Waals surface area contributed by atoms with Gasteiger partial charge in [0, 0.05) is 6.42 Å². The van der Waals surface area contributed by atoms with Gasteiger partial charge in [0.2, 0.25) is 0 Å². The zero-order valence-corrected chi connectivity index (χ0v) is 37.0. The van der Waals surface area contributed by atoms with Gasteiger partial charge in [0.15, 0.2) is 0 Å². The zero-order chi connectivity index (χ0) is 37.9. The van der Waals surface area contributed by atoms with Gasteiger partial charge in [-0.2, -0.15) is 0 Å². The standard InChI is InChI=1S/C51H94O2/c1-7-8-9-10-11-12-13-14-15-16-17-18-19-20-21-22-23-24-25-26-27-31-49(52)53-44-36-38-50(5)43(40-44)32-33-45-47-35-34-46(42(4)30-28-29-41(2)3)51(47,6)39-37-48(45)50/h41-48H,7-40H2,1-6H3/t42-,43+,44+,45+,46-,47+,48+,50+,51-/m1/s1. The second-order valence-corrected chi connectivity index (χ2v) is 20.9. The van der Waals surface area contributed by atoms with Crippen molar-refractivity contribution in [1.82, 2.24) is 0 Å². The molecule has 53 heavy (non-hydrogen) atoms. The van der Waals surface area contributed by atoms with E-state index < -0.39 is 0 Å². The molecule has 2 heteroatoms. The fourth-order valence-electron chi connectivity index (χ4n) is 13.3. The van der Waals surface area contributed by atoms with Gasteiger partial charge in [-0.25, -0.2) is 0 Å². The number of hydrogen-bond acceptors (Lipinski definition) is 2. The summed E-state index contributed by atoms with van der Waals surface area (Å²) >= 11 is 0. The first-order chi connectivity index (χ1) is 25.7. The molecule has 0 aromatic rings. The first kappa shape index (κ1) is 45.2. The number of ether oxygens (including phenoxy) is 1. The zero-order valence-electron chi connectivity index (χ0n) is 37.0. The third-order valence-electron chi connectivity index (χ3n) is 16.6. The maximum Gasteiger partial charge on any atom is 0.306 e. The average molecular weight is 739 g/mol. The van der Waals surface area contributed by atoms with Crippen LogP contribution in [0.25, 0.3) is 0 Å². The lowest BCUT2D eigenvalue weighted by Crippen LogP contribution is -2.54. The lowest BCUT2D eigenvalue weighted by atomic mass is 9.44. The third kappa shape index (κ3) is 14.1. The molecular formula is C51H94O2. The largest absolute Gasteiger partial charge is 0.462 e. The van der Waals surface area contributed by atoms with Crippen molar-refractivity contribution in [2.24, 2.45) is 52.3 Å². The van der Waals surface area contributed by atoms with Crippen LogP contribution in [0, 0.1) is 52.3 Å². The number of carbonyl (C=O) groups excluding carboxylic acids is 1. The predicted molar refractivity (Wildman–Crippen MR) is 230 cm³/mol. The van der Waals surface area contributed by atoms with E-state index in [1.165, 1.54) is 193 Å². The Morgan fingerprint density at radius 3 is 1.62 bits per heavy atom. The number of esters is 1. The summed E-state index contributed by atoms with van der Waals surface area (Å²) in [5, 5.41) is 0. The topological polar surface area (TPSA) is 26.3 Å². The second-order valence-electron chi connectivity index (χ2n) is 20.9. The Balaban J connectivity index is 0.989. The summed E-state index contributed by atoms with van der Waals surface area (Å²) in [6.45, 7) is 15.1. The van der Waals surface area contributed by atoms with E-state index in [0.717, 1.165) is 60.7 Å². The Bertz CT molecular complexity index is 971. The van der Waals surface area contributed by atoms with Gasteiger partial charge in [0.25, 0.3) is 0 Å². The van der Waals surface area contributed by atoms with Crippen LogP contribution in [-0.4, -0.2) is 12.1 Å². The molecule has 0 radical (unpaired) electrons. The molecule has 9 atom stereocenters. The number of rotatable bonds is 28. The molecule has 0 aromatic carbocycles. The molecule has 4 fully saturated rings. The Kier molecular flexibility index (Phi) is 20.7. The molecule has 4 aliphatic rings. The van der Waals surface area contributed by atoms with E-state index in [4.69, 9.17) is 4.74 Å². The third-order valence-corrected chi connectivity index (χ3v) is 16.6. The first-order valence-corrected chi connectivity index (χ1v) is 24.9. The Labute approximate surface area is 332 Å². The summed E-state index contributed by atoms with van der Waals surface area (Å²) in [6.07, 6.45) is 46.7. The second kappa shape index (κ2) is 24.3. The molecule has 0 aliphatic heterocycles. The SMILES string of the molecule is CCCCCCCCCCCCCCCCCCCCCCCC(=O)O[C@H]1CC[C@@]2(C)[C@@H](CC[C@@H]3[C@@H]2CC[C@]2(C)[C@@H]([C@H](C)CCCC(C)C)CC[C@@H]32)C1. The highest BCUT2D eigenvalue weighted by Crippen LogP contribution is 2.68. The van der Waals surface area contributed by atoms with Gasteiger partial charge < -0.3 is 4.74 Å². The van der Waals surface area contributed by atoms with Crippen molar-refractivity contribution < 1.29 is 9.53 Å². The van der Waals surface area contributed by atoms with Crippen LogP contribution in [0.4, 0.5) is 0 Å². The summed E-state index contributed by atoms with van der Waals surface area (Å²) < 4.78 is 6.20. The van der Waals surface area contributed by atoms with Crippen LogP contribution in [0.5, 0.6) is 0 Å². The van der Waals surface area contributed by atoms with Crippen LogP contribution in [0.15, 0.2) is 0 Å². The van der Waals surface area contributed by atoms with Gasteiger partial charge in [0.1, 0.15) is 6.10 Å². The van der Waals surface area contributed by atoms with E-state index in [1.54, 1.807) is 0 Å². The highest BCUT2D eigenvalue weighted by molar-refractivity contribution is 5.69. The molecule has 0 bridgehead atoms. The number of hydrogen-bond donors (Lipinski definition) is 0. The van der Waals surface area contributed by atoms with Crippen LogP contribution in [-0.2, 0) is 9.53 Å². The van der Waals surface area contributed by atoms with Gasteiger partial charge >= 0.3 is 5.97 Å². The van der Waals surface area contributed by atoms with E-state index in [1.807, 2.05) is 0 Å². The first-order valence-electron chi connectivity index (χ1n) is 24.9. The van der Waals surface area contributed by atoms with Crippen LogP contribution < -0.4 is 0 Å². The summed E-state index contributed by atoms with van der Waals surface area (Å²) in [6, 6.07) is 0. The quantitative estimate of drug-likeness (QED) is 0.0590. The highest BCUT2D eigenvalue weighted by Gasteiger charge is 2.60. The summed E-state index contributed by atoms with van der Waals surface area (Å²) in [7, 11) is 0. The molecule has 0 saturated heterocycles. The molecule has 0 aromatic heterocycles. The molecule has 4 aliphatic carbocycles. The highest BCUT2D eigenvalue weighted by atomic mass is 16.5. The lowest BCUT2D eigenvalue weighted by molar-refractivity contribution is -0.162. The molecule has 0 spiro atoms. The number of fused-ring (bicyclic) bond motifs is 5. The smallest absolute Gasteiger partial charge is 0.306 e. The van der Waals surface area contributed by atoms with Gasteiger partial charge in [-0.05, 0) is 116 Å². The normalized spacial score (nSPS) is 31.6. The van der Waals surface area contributed by atoms with Crippen LogP contribution in [0.2, 0.25) is 0 Å². The van der Waals surface area contributed by atoms with Gasteiger partial charge in [0.05, 0.1) is 0 Å². The molecular weight excluding hydrogens is 645 g/mol. The van der Waals surface area contributed by atoms with Crippen molar-refractivity contribution in [3.05, 3.63) is 0 Å². The van der Waals surface area contributed by atoms with Crippen LogP contribution >= 0.6 is 0 Å². The van der Waals surface area contributed by atoms with E-state index in [2.05, 4.69) is 41.5 Å². The van der Waals surface area contributed by atoms with Gasteiger partial charge in [-0.1, -0.05) is 189 Å². The van der Waals surface area contributed by atoms with Crippen molar-refractivity contribution in [2.75, 3.05) is 0 Å². The minimum atomic E-state index is 0.0954.